The van der Waals surface area contributed by atoms with Crippen LogP contribution in [0, 0.1) is 17.1 Å². The molecule has 9 nitrogen and oxygen atoms in total. The lowest BCUT2D eigenvalue weighted by Gasteiger charge is -2.32. The van der Waals surface area contributed by atoms with Crippen molar-refractivity contribution in [1.29, 1.82) is 5.41 Å². The van der Waals surface area contributed by atoms with Gasteiger partial charge in [0.2, 0.25) is 0 Å². The molecule has 4 N–H and O–H groups in total. The van der Waals surface area contributed by atoms with Crippen LogP contribution in [0.3, 0.4) is 0 Å². The molecule has 10 heteroatoms. The summed E-state index contributed by atoms with van der Waals surface area (Å²) in [6.07, 6.45) is 6.91. The minimum atomic E-state index is -0.298. The molecular weight excluding hydrogens is 543 g/mol. The zero-order chi connectivity index (χ0) is 29.9. The monoisotopic (exact) mass is 580 g/mol. The molecule has 0 aliphatic carbocycles. The first kappa shape index (κ1) is 28.5. The summed E-state index contributed by atoms with van der Waals surface area (Å²) in [5.74, 6) is 0.396. The number of nitrogens with one attached hydrogen (secondary N) is 2. The van der Waals surface area contributed by atoms with Crippen molar-refractivity contribution in [3.8, 4) is 22.4 Å². The number of nitrogens with zero attached hydrogens (tertiary/aromatic N) is 5. The van der Waals surface area contributed by atoms with E-state index in [1.54, 1.807) is 23.0 Å². The van der Waals surface area contributed by atoms with Crippen molar-refractivity contribution in [1.82, 2.24) is 24.6 Å². The van der Waals surface area contributed by atoms with Gasteiger partial charge in [-0.1, -0.05) is 0 Å². The Hall–Kier alpha value is -4.57. The van der Waals surface area contributed by atoms with Crippen molar-refractivity contribution in [2.24, 2.45) is 18.7 Å². The molecule has 1 fully saturated rings. The molecule has 43 heavy (non-hydrogen) atoms. The van der Waals surface area contributed by atoms with Crippen LogP contribution in [-0.2, 0) is 13.6 Å². The van der Waals surface area contributed by atoms with Crippen LogP contribution in [0.1, 0.15) is 40.9 Å². The largest absolute Gasteiger partial charge is 0.384 e. The highest BCUT2D eigenvalue weighted by Gasteiger charge is 2.33. The van der Waals surface area contributed by atoms with Gasteiger partial charge in [0.15, 0.2) is 0 Å². The van der Waals surface area contributed by atoms with E-state index >= 15 is 0 Å². The fourth-order valence-electron chi connectivity index (χ4n) is 6.15. The fourth-order valence-corrected chi connectivity index (χ4v) is 6.15. The molecule has 0 spiro atoms. The molecule has 0 unspecified atom stereocenters. The predicted octanol–water partition coefficient (Wildman–Crippen LogP) is 4.74. The zero-order valence-electron chi connectivity index (χ0n) is 24.4. The Balaban J connectivity index is 1.02. The summed E-state index contributed by atoms with van der Waals surface area (Å²) < 4.78 is 15.3. The summed E-state index contributed by atoms with van der Waals surface area (Å²) in [5, 5.41) is 15.6. The molecule has 0 atom stereocenters. The number of anilines is 1. The second kappa shape index (κ2) is 12.3. The maximum atomic E-state index is 13.7. The van der Waals surface area contributed by atoms with Crippen LogP contribution < -0.4 is 11.1 Å². The number of nitrogen functional groups attached to an aromatic ring is 1. The van der Waals surface area contributed by atoms with Gasteiger partial charge >= 0.3 is 0 Å². The Morgan fingerprint density at radius 1 is 1.05 bits per heavy atom. The zero-order valence-corrected chi connectivity index (χ0v) is 24.4. The van der Waals surface area contributed by atoms with E-state index < -0.39 is 0 Å². The van der Waals surface area contributed by atoms with Crippen LogP contribution in [-0.4, -0.2) is 69.0 Å². The number of aromatic nitrogens is 3. The minimum Gasteiger partial charge on any atom is -0.384 e. The van der Waals surface area contributed by atoms with Crippen LogP contribution in [0.5, 0.6) is 0 Å². The number of aryl methyl sites for hydroxylation is 1. The molecular formula is C33H37FN8O. The van der Waals surface area contributed by atoms with Gasteiger partial charge < -0.3 is 20.9 Å². The number of fused-ring (bicyclic) bond motifs is 1. The van der Waals surface area contributed by atoms with Crippen molar-refractivity contribution >= 4 is 17.4 Å². The molecule has 222 valence electrons. The first-order chi connectivity index (χ1) is 20.9. The number of hydrogen-bond acceptors (Lipinski definition) is 6. The molecule has 6 rings (SSSR count). The van der Waals surface area contributed by atoms with Crippen LogP contribution in [0.15, 0.2) is 67.0 Å². The van der Waals surface area contributed by atoms with Gasteiger partial charge in [-0.3, -0.25) is 19.9 Å². The third-order valence-corrected chi connectivity index (χ3v) is 8.58. The molecule has 4 aromatic rings. The number of pyridine rings is 1. The summed E-state index contributed by atoms with van der Waals surface area (Å²) in [6.45, 7) is 5.19. The molecule has 1 amide bonds. The third-order valence-electron chi connectivity index (χ3n) is 8.58. The fraction of sp³-hybridized carbons (Fsp3) is 0.333. The van der Waals surface area contributed by atoms with Gasteiger partial charge in [-0.2, -0.15) is 5.10 Å². The first-order valence-corrected chi connectivity index (χ1v) is 14.8. The molecule has 2 aliphatic heterocycles. The first-order valence-electron chi connectivity index (χ1n) is 14.8. The lowest BCUT2D eigenvalue weighted by atomic mass is 9.93. The van der Waals surface area contributed by atoms with Crippen LogP contribution in [0.25, 0.3) is 22.4 Å². The number of rotatable bonds is 10. The van der Waals surface area contributed by atoms with E-state index in [-0.39, 0.29) is 17.6 Å². The predicted molar refractivity (Wildman–Crippen MR) is 166 cm³/mol. The number of hydrogen-bond donors (Lipinski definition) is 3. The molecule has 2 aromatic heterocycles. The number of piperidine rings is 1. The topological polar surface area (TPSA) is 116 Å². The summed E-state index contributed by atoms with van der Waals surface area (Å²) in [5.41, 5.74) is 11.9. The molecule has 4 heterocycles. The number of amidine groups is 1. The van der Waals surface area contributed by atoms with E-state index in [4.69, 9.17) is 11.1 Å². The number of benzene rings is 2. The van der Waals surface area contributed by atoms with Gasteiger partial charge in [-0.05, 0) is 92.9 Å². The highest BCUT2D eigenvalue weighted by atomic mass is 19.1. The van der Waals surface area contributed by atoms with Gasteiger partial charge in [0.25, 0.3) is 5.91 Å². The molecule has 0 radical (unpaired) electrons. The second-order valence-electron chi connectivity index (χ2n) is 11.5. The van der Waals surface area contributed by atoms with Gasteiger partial charge in [0.05, 0.1) is 17.8 Å². The molecule has 1 saturated heterocycles. The molecule has 0 saturated carbocycles. The Bertz CT molecular complexity index is 1610. The Kier molecular flexibility index (Phi) is 8.20. The lowest BCUT2D eigenvalue weighted by molar-refractivity contribution is 0.0759. The van der Waals surface area contributed by atoms with E-state index in [9.17, 15) is 9.18 Å². The van der Waals surface area contributed by atoms with Gasteiger partial charge in [-0.25, -0.2) is 4.39 Å². The molecule has 2 aliphatic rings. The van der Waals surface area contributed by atoms with Gasteiger partial charge in [0, 0.05) is 67.0 Å². The Labute approximate surface area is 251 Å². The lowest BCUT2D eigenvalue weighted by Crippen LogP contribution is -2.37. The van der Waals surface area contributed by atoms with Crippen molar-refractivity contribution < 1.29 is 9.18 Å². The van der Waals surface area contributed by atoms with E-state index in [1.807, 2.05) is 48.5 Å². The van der Waals surface area contributed by atoms with Crippen molar-refractivity contribution in [2.75, 3.05) is 38.0 Å². The average molecular weight is 581 g/mol. The molecule has 2 aromatic carbocycles. The number of likely N-dealkylation sites (tertiary alicyclic amines) is 1. The van der Waals surface area contributed by atoms with Gasteiger partial charge in [-0.15, -0.1) is 0 Å². The third kappa shape index (κ3) is 6.29. The summed E-state index contributed by atoms with van der Waals surface area (Å²) in [6, 6.07) is 15.8. The standard InChI is InChI=1S/C33H37FN8O/c1-40-20-28(31(39-40)23-2-6-25(34)7-3-23)27-10-14-38-29-21-42(33(43)30(27)29)18-13-22-11-16-41(17-12-22)19-15-37-26-8-4-24(5-9-26)32(35)36/h2-10,14,20,22,37H,11-13,15-19,21H2,1H3,(H3,35,36). The summed E-state index contributed by atoms with van der Waals surface area (Å²) in [4.78, 5) is 22.7. The Morgan fingerprint density at radius 2 is 1.79 bits per heavy atom. The average Bonchev–Trinajstić information content (AvgIpc) is 3.56. The number of carbonyl (C=O) groups excluding carboxylic acids is 1. The number of halogens is 1. The number of amides is 1. The van der Waals surface area contributed by atoms with Crippen molar-refractivity contribution in [2.45, 2.75) is 25.8 Å². The van der Waals surface area contributed by atoms with E-state index in [2.05, 4.69) is 20.3 Å². The van der Waals surface area contributed by atoms with Crippen molar-refractivity contribution in [3.63, 3.8) is 0 Å². The normalized spacial score (nSPS) is 15.6. The SMILES string of the molecule is Cn1cc(-c2ccnc3c2C(=O)N(CCC2CCN(CCNc4ccc(C(=N)N)cc4)CC2)C3)c(-c2ccc(F)cc2)n1. The van der Waals surface area contributed by atoms with E-state index in [1.165, 1.54) is 12.1 Å². The maximum absolute atomic E-state index is 13.7. The summed E-state index contributed by atoms with van der Waals surface area (Å²) in [7, 11) is 1.85. The summed E-state index contributed by atoms with van der Waals surface area (Å²) >= 11 is 0. The van der Waals surface area contributed by atoms with Crippen LogP contribution >= 0.6 is 0 Å². The second-order valence-corrected chi connectivity index (χ2v) is 11.5. The van der Waals surface area contributed by atoms with E-state index in [0.29, 0.717) is 18.0 Å². The van der Waals surface area contributed by atoms with E-state index in [0.717, 1.165) is 91.3 Å². The quantitative estimate of drug-likeness (QED) is 0.184. The van der Waals surface area contributed by atoms with Crippen LogP contribution in [0.4, 0.5) is 10.1 Å². The smallest absolute Gasteiger partial charge is 0.256 e. The maximum Gasteiger partial charge on any atom is 0.256 e. The highest BCUT2D eigenvalue weighted by Crippen LogP contribution is 2.37. The highest BCUT2D eigenvalue weighted by molar-refractivity contribution is 6.05. The van der Waals surface area contributed by atoms with Crippen molar-refractivity contribution in [3.05, 3.63) is 89.6 Å². The minimum absolute atomic E-state index is 0.0202. The Morgan fingerprint density at radius 3 is 2.51 bits per heavy atom. The number of nitrogens with two attached hydrogens (primary N) is 1. The van der Waals surface area contributed by atoms with Gasteiger partial charge in [0.1, 0.15) is 17.3 Å². The molecule has 0 bridgehead atoms. The number of carbonyl (C=O) groups is 1. The van der Waals surface area contributed by atoms with Crippen LogP contribution in [0.2, 0.25) is 0 Å².